The SMILES string of the molecule is Cc1cc(C(=O)N(C)c2ccc(-c3ccccc3S(N)(=O)=O)cc2Cl)n(-c2cccc(C(=N)N)c2)c1. The largest absolute Gasteiger partial charge is 0.384 e. The molecule has 0 unspecified atom stereocenters. The molecule has 0 saturated carbocycles. The molecule has 1 amide bonds. The number of hydrogen-bond acceptors (Lipinski definition) is 4. The zero-order chi connectivity index (χ0) is 26.2. The number of rotatable bonds is 6. The molecule has 0 aliphatic heterocycles. The van der Waals surface area contributed by atoms with Gasteiger partial charge >= 0.3 is 0 Å². The second-order valence-corrected chi connectivity index (χ2v) is 10.2. The van der Waals surface area contributed by atoms with Gasteiger partial charge in [0.05, 0.1) is 15.6 Å². The third-order valence-corrected chi connectivity index (χ3v) is 7.00. The van der Waals surface area contributed by atoms with E-state index in [-0.39, 0.29) is 21.7 Å². The lowest BCUT2D eigenvalue weighted by Crippen LogP contribution is -2.28. The molecule has 0 aliphatic rings. The Labute approximate surface area is 214 Å². The Hall–Kier alpha value is -3.92. The van der Waals surface area contributed by atoms with Gasteiger partial charge in [-0.25, -0.2) is 13.6 Å². The first kappa shape index (κ1) is 25.2. The number of carbonyl (C=O) groups excluding carboxylic acids is 1. The monoisotopic (exact) mass is 521 g/mol. The van der Waals surface area contributed by atoms with Crippen molar-refractivity contribution in [2.45, 2.75) is 11.8 Å². The summed E-state index contributed by atoms with van der Waals surface area (Å²) < 4.78 is 25.8. The molecule has 0 spiro atoms. The van der Waals surface area contributed by atoms with Gasteiger partial charge in [-0.1, -0.05) is 48.0 Å². The molecule has 0 radical (unpaired) electrons. The highest BCUT2D eigenvalue weighted by Gasteiger charge is 2.22. The molecule has 1 aromatic heterocycles. The second kappa shape index (κ2) is 9.62. The summed E-state index contributed by atoms with van der Waals surface area (Å²) in [6, 6.07) is 20.2. The van der Waals surface area contributed by atoms with Crippen molar-refractivity contribution in [3.8, 4) is 16.8 Å². The lowest BCUT2D eigenvalue weighted by atomic mass is 10.0. The van der Waals surface area contributed by atoms with E-state index in [1.165, 1.54) is 11.0 Å². The van der Waals surface area contributed by atoms with Gasteiger partial charge in [0.1, 0.15) is 11.5 Å². The number of hydrogen-bond donors (Lipinski definition) is 3. The number of nitrogen functional groups attached to an aromatic ring is 1. The summed E-state index contributed by atoms with van der Waals surface area (Å²) >= 11 is 6.57. The van der Waals surface area contributed by atoms with Crippen LogP contribution in [-0.2, 0) is 10.0 Å². The molecule has 5 N–H and O–H groups in total. The number of amidine groups is 1. The minimum absolute atomic E-state index is 0.0145. The molecule has 0 saturated heterocycles. The van der Waals surface area contributed by atoms with Gasteiger partial charge in [-0.15, -0.1) is 0 Å². The summed E-state index contributed by atoms with van der Waals surface area (Å²) in [4.78, 5) is 15.0. The van der Waals surface area contributed by atoms with Crippen molar-refractivity contribution in [3.05, 3.63) is 101 Å². The zero-order valence-electron chi connectivity index (χ0n) is 19.6. The van der Waals surface area contributed by atoms with E-state index in [4.69, 9.17) is 27.9 Å². The maximum Gasteiger partial charge on any atom is 0.275 e. The number of benzene rings is 3. The molecule has 36 heavy (non-hydrogen) atoms. The molecule has 0 atom stereocenters. The van der Waals surface area contributed by atoms with Crippen molar-refractivity contribution in [1.82, 2.24) is 4.57 Å². The van der Waals surface area contributed by atoms with Crippen LogP contribution in [0, 0.1) is 12.3 Å². The first-order chi connectivity index (χ1) is 17.0. The number of nitrogens with two attached hydrogens (primary N) is 2. The fraction of sp³-hybridized carbons (Fsp3) is 0.0769. The quantitative estimate of drug-likeness (QED) is 0.257. The van der Waals surface area contributed by atoms with Gasteiger partial charge in [-0.3, -0.25) is 10.2 Å². The van der Waals surface area contributed by atoms with Crippen LogP contribution in [0.15, 0.2) is 83.9 Å². The maximum absolute atomic E-state index is 13.5. The molecule has 10 heteroatoms. The standard InChI is InChI=1S/C26H24ClN5O3S/c1-16-12-23(32(15-16)19-7-5-6-18(13-19)25(28)29)26(33)31(2)22-11-10-17(14-21(22)27)20-8-3-4-9-24(20)36(30,34)35/h3-15H,1-2H3,(H3,28,29)(H2,30,34,35). The number of nitrogens with zero attached hydrogens (tertiary/aromatic N) is 2. The van der Waals surface area contributed by atoms with Crippen molar-refractivity contribution in [2.24, 2.45) is 10.9 Å². The van der Waals surface area contributed by atoms with Crippen molar-refractivity contribution < 1.29 is 13.2 Å². The van der Waals surface area contributed by atoms with E-state index >= 15 is 0 Å². The second-order valence-electron chi connectivity index (χ2n) is 8.31. The van der Waals surface area contributed by atoms with E-state index < -0.39 is 10.0 Å². The lowest BCUT2D eigenvalue weighted by Gasteiger charge is -2.21. The number of nitrogens with one attached hydrogen (secondary N) is 1. The molecular formula is C26H24ClN5O3S. The molecule has 0 aliphatic carbocycles. The third kappa shape index (κ3) is 4.90. The minimum atomic E-state index is -3.94. The summed E-state index contributed by atoms with van der Waals surface area (Å²) in [6.45, 7) is 1.88. The highest BCUT2D eigenvalue weighted by molar-refractivity contribution is 7.89. The number of sulfonamides is 1. The van der Waals surface area contributed by atoms with Crippen molar-refractivity contribution >= 4 is 39.1 Å². The Morgan fingerprint density at radius 3 is 2.42 bits per heavy atom. The van der Waals surface area contributed by atoms with Gasteiger partial charge in [0.15, 0.2) is 0 Å². The van der Waals surface area contributed by atoms with Crippen LogP contribution >= 0.6 is 11.6 Å². The first-order valence-electron chi connectivity index (χ1n) is 10.8. The van der Waals surface area contributed by atoms with E-state index in [1.807, 2.05) is 19.2 Å². The number of carbonyl (C=O) groups is 1. The van der Waals surface area contributed by atoms with Gasteiger partial charge in [-0.2, -0.15) is 0 Å². The number of amides is 1. The van der Waals surface area contributed by atoms with Gasteiger partial charge in [0.25, 0.3) is 5.91 Å². The number of halogens is 1. The topological polar surface area (TPSA) is 135 Å². The van der Waals surface area contributed by atoms with Gasteiger partial charge in [0.2, 0.25) is 10.0 Å². The average Bonchev–Trinajstić information content (AvgIpc) is 3.24. The Kier molecular flexibility index (Phi) is 6.73. The fourth-order valence-electron chi connectivity index (χ4n) is 3.98. The number of primary sulfonamides is 1. The zero-order valence-corrected chi connectivity index (χ0v) is 21.1. The van der Waals surface area contributed by atoms with E-state index in [0.29, 0.717) is 33.8 Å². The molecule has 1 heterocycles. The van der Waals surface area contributed by atoms with Crippen molar-refractivity contribution in [3.63, 3.8) is 0 Å². The maximum atomic E-state index is 13.5. The van der Waals surface area contributed by atoms with Crippen LogP contribution in [-0.4, -0.2) is 31.8 Å². The molecule has 4 rings (SSSR count). The van der Waals surface area contributed by atoms with Crippen molar-refractivity contribution in [1.29, 1.82) is 5.41 Å². The van der Waals surface area contributed by atoms with Crippen LogP contribution in [0.2, 0.25) is 5.02 Å². The normalized spacial score (nSPS) is 11.3. The Morgan fingerprint density at radius 2 is 1.75 bits per heavy atom. The van der Waals surface area contributed by atoms with Gasteiger partial charge in [0, 0.05) is 30.1 Å². The summed E-state index contributed by atoms with van der Waals surface area (Å²) in [7, 11) is -2.33. The Morgan fingerprint density at radius 1 is 1.03 bits per heavy atom. The molecule has 0 bridgehead atoms. The number of aromatic nitrogens is 1. The van der Waals surface area contributed by atoms with Crippen LogP contribution in [0.25, 0.3) is 16.8 Å². The highest BCUT2D eigenvalue weighted by atomic mass is 35.5. The van der Waals surface area contributed by atoms with E-state index in [0.717, 1.165) is 5.56 Å². The van der Waals surface area contributed by atoms with Crippen LogP contribution in [0.3, 0.4) is 0 Å². The highest BCUT2D eigenvalue weighted by Crippen LogP contribution is 2.34. The summed E-state index contributed by atoms with van der Waals surface area (Å²) in [5.74, 6) is -0.377. The summed E-state index contributed by atoms with van der Waals surface area (Å²) in [5.41, 5.74) is 9.55. The smallest absolute Gasteiger partial charge is 0.275 e. The van der Waals surface area contributed by atoms with Gasteiger partial charge in [-0.05, 0) is 54.4 Å². The van der Waals surface area contributed by atoms with Crippen LogP contribution in [0.5, 0.6) is 0 Å². The van der Waals surface area contributed by atoms with Crippen molar-refractivity contribution in [2.75, 3.05) is 11.9 Å². The molecular weight excluding hydrogens is 498 g/mol. The Balaban J connectivity index is 1.71. The molecule has 0 fully saturated rings. The number of anilines is 1. The summed E-state index contributed by atoms with van der Waals surface area (Å²) in [6.07, 6.45) is 1.83. The van der Waals surface area contributed by atoms with E-state index in [9.17, 15) is 13.2 Å². The third-order valence-electron chi connectivity index (χ3n) is 5.73. The Bertz CT molecular complexity index is 1610. The minimum Gasteiger partial charge on any atom is -0.384 e. The molecule has 184 valence electrons. The summed E-state index contributed by atoms with van der Waals surface area (Å²) in [5, 5.41) is 13.3. The van der Waals surface area contributed by atoms with Crippen LogP contribution in [0.4, 0.5) is 5.69 Å². The first-order valence-corrected chi connectivity index (χ1v) is 12.7. The predicted octanol–water partition coefficient (Wildman–Crippen LogP) is 4.31. The van der Waals surface area contributed by atoms with E-state index in [1.54, 1.807) is 72.3 Å². The fourth-order valence-corrected chi connectivity index (χ4v) is 5.05. The van der Waals surface area contributed by atoms with Crippen LogP contribution in [0.1, 0.15) is 21.6 Å². The number of aryl methyl sites for hydroxylation is 1. The lowest BCUT2D eigenvalue weighted by molar-refractivity contribution is 0.0986. The molecule has 3 aromatic carbocycles. The predicted molar refractivity (Wildman–Crippen MR) is 143 cm³/mol. The average molecular weight is 522 g/mol. The van der Waals surface area contributed by atoms with Gasteiger partial charge < -0.3 is 15.2 Å². The van der Waals surface area contributed by atoms with Crippen LogP contribution < -0.4 is 15.8 Å². The molecule has 4 aromatic rings. The van der Waals surface area contributed by atoms with E-state index in [2.05, 4.69) is 0 Å². The molecule has 8 nitrogen and oxygen atoms in total.